The number of aromatic nitrogens is 2. The molecule has 2 aliphatic rings. The average molecular weight is 535 g/mol. The molecular weight excluding hydrogens is 503 g/mol. The zero-order chi connectivity index (χ0) is 25.0. The second kappa shape index (κ2) is 11.6. The molecule has 2 saturated heterocycles. The van der Waals surface area contributed by atoms with E-state index in [1.54, 1.807) is 36.0 Å². The lowest BCUT2D eigenvalue weighted by atomic mass is 10.2. The van der Waals surface area contributed by atoms with Crippen molar-refractivity contribution in [2.24, 2.45) is 0 Å². The lowest BCUT2D eigenvalue weighted by Crippen LogP contribution is -2.40. The lowest BCUT2D eigenvalue weighted by Gasteiger charge is -2.26. The van der Waals surface area contributed by atoms with Gasteiger partial charge in [-0.05, 0) is 42.3 Å². The molecule has 36 heavy (non-hydrogen) atoms. The molecule has 1 aromatic heterocycles. The van der Waals surface area contributed by atoms with Gasteiger partial charge >= 0.3 is 0 Å². The Hall–Kier alpha value is -2.02. The van der Waals surface area contributed by atoms with Crippen molar-refractivity contribution in [3.63, 3.8) is 0 Å². The third-order valence-electron chi connectivity index (χ3n) is 6.53. The van der Waals surface area contributed by atoms with Crippen LogP contribution in [0.25, 0.3) is 11.0 Å². The van der Waals surface area contributed by atoms with Gasteiger partial charge in [-0.15, -0.1) is 0 Å². The predicted molar refractivity (Wildman–Crippen MR) is 137 cm³/mol. The van der Waals surface area contributed by atoms with Gasteiger partial charge in [0.2, 0.25) is 10.0 Å². The van der Waals surface area contributed by atoms with E-state index < -0.39 is 10.0 Å². The minimum Gasteiger partial charge on any atom is -0.379 e. The molecule has 0 bridgehead atoms. The molecular formula is C25H31FN4O4S2. The SMILES string of the molecule is O=S(=O)(c1ccc2c(c1)nc(SCc1ccc(F)cc1)n2CCCN1CCOCC1)N1CCOCC1. The van der Waals surface area contributed by atoms with Gasteiger partial charge in [0, 0.05) is 45.0 Å². The monoisotopic (exact) mass is 534 g/mol. The number of morpholine rings is 2. The number of fused-ring (bicyclic) bond motifs is 1. The maximum absolute atomic E-state index is 13.3. The summed E-state index contributed by atoms with van der Waals surface area (Å²) in [7, 11) is -3.60. The van der Waals surface area contributed by atoms with Crippen molar-refractivity contribution in [1.82, 2.24) is 18.8 Å². The minimum atomic E-state index is -3.60. The van der Waals surface area contributed by atoms with Crippen molar-refractivity contribution in [2.45, 2.75) is 28.8 Å². The standard InChI is InChI=1S/C25H31FN4O4S2/c26-21-4-2-20(3-5-21)19-35-25-27-23-18-22(36(31,32)29-12-16-34-17-13-29)6-7-24(23)30(25)9-1-8-28-10-14-33-15-11-28/h2-7,18H,1,8-17,19H2. The molecule has 0 unspecified atom stereocenters. The van der Waals surface area contributed by atoms with Crippen LogP contribution in [0, 0.1) is 5.82 Å². The third kappa shape index (κ3) is 5.92. The number of ether oxygens (including phenoxy) is 2. The number of rotatable bonds is 9. The molecule has 0 spiro atoms. The van der Waals surface area contributed by atoms with Crippen LogP contribution in [-0.4, -0.2) is 86.3 Å². The van der Waals surface area contributed by atoms with Gasteiger partial charge in [0.15, 0.2) is 5.16 Å². The highest BCUT2D eigenvalue weighted by atomic mass is 32.2. The second-order valence-corrected chi connectivity index (χ2v) is 11.8. The highest BCUT2D eigenvalue weighted by Crippen LogP contribution is 2.29. The van der Waals surface area contributed by atoms with Crippen LogP contribution in [0.4, 0.5) is 4.39 Å². The molecule has 3 heterocycles. The molecule has 3 aromatic rings. The highest BCUT2D eigenvalue weighted by molar-refractivity contribution is 7.98. The van der Waals surface area contributed by atoms with Crippen LogP contribution >= 0.6 is 11.8 Å². The van der Waals surface area contributed by atoms with E-state index >= 15 is 0 Å². The van der Waals surface area contributed by atoms with Gasteiger partial charge in [-0.2, -0.15) is 4.31 Å². The fourth-order valence-electron chi connectivity index (χ4n) is 4.52. The summed E-state index contributed by atoms with van der Waals surface area (Å²) < 4.78 is 54.1. The number of benzene rings is 2. The smallest absolute Gasteiger partial charge is 0.243 e. The third-order valence-corrected chi connectivity index (χ3v) is 9.48. The Morgan fingerprint density at radius 1 is 0.917 bits per heavy atom. The number of hydrogen-bond acceptors (Lipinski definition) is 7. The van der Waals surface area contributed by atoms with E-state index in [1.807, 2.05) is 6.07 Å². The zero-order valence-corrected chi connectivity index (χ0v) is 21.8. The largest absolute Gasteiger partial charge is 0.379 e. The van der Waals surface area contributed by atoms with Crippen LogP contribution in [0.5, 0.6) is 0 Å². The molecule has 2 aliphatic heterocycles. The quantitative estimate of drug-likeness (QED) is 0.390. The molecule has 0 radical (unpaired) electrons. The van der Waals surface area contributed by atoms with Crippen molar-refractivity contribution in [2.75, 3.05) is 59.2 Å². The van der Waals surface area contributed by atoms with Gasteiger partial charge in [0.05, 0.1) is 42.4 Å². The van der Waals surface area contributed by atoms with Gasteiger partial charge in [0.1, 0.15) is 5.82 Å². The molecule has 0 atom stereocenters. The van der Waals surface area contributed by atoms with Gasteiger partial charge in [0.25, 0.3) is 0 Å². The Morgan fingerprint density at radius 2 is 1.61 bits per heavy atom. The summed E-state index contributed by atoms with van der Waals surface area (Å²) in [6, 6.07) is 11.7. The Kier molecular flexibility index (Phi) is 8.24. The van der Waals surface area contributed by atoms with Crippen LogP contribution < -0.4 is 0 Å². The van der Waals surface area contributed by atoms with E-state index in [2.05, 4.69) is 9.47 Å². The Labute approximate surface area is 215 Å². The van der Waals surface area contributed by atoms with E-state index in [9.17, 15) is 12.8 Å². The molecule has 0 aliphatic carbocycles. The van der Waals surface area contributed by atoms with Crippen LogP contribution in [0.3, 0.4) is 0 Å². The molecule has 194 valence electrons. The first kappa shape index (κ1) is 25.6. The van der Waals surface area contributed by atoms with Crippen molar-refractivity contribution >= 4 is 32.8 Å². The van der Waals surface area contributed by atoms with Gasteiger partial charge in [-0.3, -0.25) is 4.90 Å². The summed E-state index contributed by atoms with van der Waals surface area (Å²) >= 11 is 1.58. The Bertz CT molecular complexity index is 1270. The van der Waals surface area contributed by atoms with Crippen molar-refractivity contribution in [3.05, 3.63) is 53.8 Å². The highest BCUT2D eigenvalue weighted by Gasteiger charge is 2.27. The maximum Gasteiger partial charge on any atom is 0.243 e. The molecule has 2 fully saturated rings. The number of imidazole rings is 1. The van der Waals surface area contributed by atoms with Crippen LogP contribution in [0.2, 0.25) is 0 Å². The number of thioether (sulfide) groups is 1. The molecule has 11 heteroatoms. The normalized spacial score (nSPS) is 18.1. The van der Waals surface area contributed by atoms with Crippen molar-refractivity contribution < 1.29 is 22.3 Å². The molecule has 0 amide bonds. The number of halogens is 1. The minimum absolute atomic E-state index is 0.255. The van der Waals surface area contributed by atoms with E-state index in [1.165, 1.54) is 16.4 Å². The van der Waals surface area contributed by atoms with Crippen molar-refractivity contribution in [3.8, 4) is 0 Å². The summed E-state index contributed by atoms with van der Waals surface area (Å²) in [4.78, 5) is 7.50. The maximum atomic E-state index is 13.3. The fraction of sp³-hybridized carbons (Fsp3) is 0.480. The lowest BCUT2D eigenvalue weighted by molar-refractivity contribution is 0.0369. The van der Waals surface area contributed by atoms with Gasteiger partial charge in [-0.1, -0.05) is 23.9 Å². The van der Waals surface area contributed by atoms with Gasteiger partial charge < -0.3 is 14.0 Å². The molecule has 5 rings (SSSR count). The first-order chi connectivity index (χ1) is 17.5. The molecule has 2 aromatic carbocycles. The van der Waals surface area contributed by atoms with Crippen LogP contribution in [-0.2, 0) is 31.8 Å². The number of aryl methyl sites for hydroxylation is 1. The average Bonchev–Trinajstić information content (AvgIpc) is 3.26. The summed E-state index contributed by atoms with van der Waals surface area (Å²) in [6.45, 7) is 6.69. The Balaban J connectivity index is 1.39. The van der Waals surface area contributed by atoms with Crippen LogP contribution in [0.1, 0.15) is 12.0 Å². The predicted octanol–water partition coefficient (Wildman–Crippen LogP) is 3.21. The summed E-state index contributed by atoms with van der Waals surface area (Å²) in [5.41, 5.74) is 2.58. The molecule has 0 saturated carbocycles. The van der Waals surface area contributed by atoms with E-state index in [4.69, 9.17) is 14.5 Å². The molecule has 0 N–H and O–H groups in total. The number of nitrogens with zero attached hydrogens (tertiary/aromatic N) is 4. The molecule has 8 nitrogen and oxygen atoms in total. The van der Waals surface area contributed by atoms with E-state index in [-0.39, 0.29) is 10.7 Å². The van der Waals surface area contributed by atoms with E-state index in [0.717, 1.165) is 62.1 Å². The zero-order valence-electron chi connectivity index (χ0n) is 20.1. The number of hydrogen-bond donors (Lipinski definition) is 0. The first-order valence-corrected chi connectivity index (χ1v) is 14.7. The van der Waals surface area contributed by atoms with E-state index in [0.29, 0.717) is 37.6 Å². The van der Waals surface area contributed by atoms with Gasteiger partial charge in [-0.25, -0.2) is 17.8 Å². The fourth-order valence-corrected chi connectivity index (χ4v) is 6.94. The second-order valence-electron chi connectivity index (χ2n) is 8.94. The summed E-state index contributed by atoms with van der Waals surface area (Å²) in [5, 5.41) is 0.831. The first-order valence-electron chi connectivity index (χ1n) is 12.3. The van der Waals surface area contributed by atoms with Crippen LogP contribution in [0.15, 0.2) is 52.5 Å². The number of sulfonamides is 1. The summed E-state index contributed by atoms with van der Waals surface area (Å²) in [6.07, 6.45) is 0.948. The summed E-state index contributed by atoms with van der Waals surface area (Å²) in [5.74, 6) is 0.388. The van der Waals surface area contributed by atoms with Crippen molar-refractivity contribution in [1.29, 1.82) is 0 Å². The Morgan fingerprint density at radius 3 is 2.33 bits per heavy atom. The topological polar surface area (TPSA) is 76.9 Å².